The molecule has 0 aliphatic carbocycles. The van der Waals surface area contributed by atoms with Gasteiger partial charge >= 0.3 is 5.97 Å². The molecule has 1 aliphatic rings. The minimum Gasteiger partial charge on any atom is -0.464 e. The minimum absolute atomic E-state index is 0.00158. The highest BCUT2D eigenvalue weighted by atomic mass is 32.2. The number of nitrogens with zero attached hydrogens (tertiary/aromatic N) is 1. The lowest BCUT2D eigenvalue weighted by atomic mass is 10.2. The summed E-state index contributed by atoms with van der Waals surface area (Å²) in [6.07, 6.45) is 0.731. The molecular formula is C11H19NO4S. The first-order valence-electron chi connectivity index (χ1n) is 5.85. The Labute approximate surface area is 105 Å². The normalized spacial score (nSPS) is 20.1. The molecule has 98 valence electrons. The van der Waals surface area contributed by atoms with E-state index in [1.807, 2.05) is 0 Å². The Hall–Kier alpha value is -0.750. The van der Waals surface area contributed by atoms with Gasteiger partial charge < -0.3 is 14.7 Å². The van der Waals surface area contributed by atoms with E-state index in [1.54, 1.807) is 23.6 Å². The molecule has 6 heteroatoms. The van der Waals surface area contributed by atoms with Crippen molar-refractivity contribution in [1.82, 2.24) is 4.90 Å². The molecule has 1 unspecified atom stereocenters. The second-order valence-electron chi connectivity index (χ2n) is 3.76. The molecule has 1 heterocycles. The largest absolute Gasteiger partial charge is 0.464 e. The number of ether oxygens (including phenoxy) is 1. The molecule has 1 atom stereocenters. The molecule has 1 rings (SSSR count). The van der Waals surface area contributed by atoms with Gasteiger partial charge in [-0.3, -0.25) is 4.79 Å². The Kier molecular flexibility index (Phi) is 6.36. The summed E-state index contributed by atoms with van der Waals surface area (Å²) in [6, 6.07) is -0.458. The number of hydrogen-bond acceptors (Lipinski definition) is 5. The summed E-state index contributed by atoms with van der Waals surface area (Å²) in [5.41, 5.74) is 0. The fraction of sp³-hybridized carbons (Fsp3) is 0.818. The van der Waals surface area contributed by atoms with E-state index in [0.29, 0.717) is 25.3 Å². The lowest BCUT2D eigenvalue weighted by molar-refractivity contribution is -0.153. The van der Waals surface area contributed by atoms with Gasteiger partial charge in [-0.2, -0.15) is 11.8 Å². The zero-order chi connectivity index (χ0) is 12.7. The fourth-order valence-corrected chi connectivity index (χ4v) is 2.74. The van der Waals surface area contributed by atoms with Crippen molar-refractivity contribution in [1.29, 1.82) is 0 Å². The van der Waals surface area contributed by atoms with Crippen LogP contribution in [0.4, 0.5) is 0 Å². The second-order valence-corrected chi connectivity index (χ2v) is 4.91. The molecule has 17 heavy (non-hydrogen) atoms. The van der Waals surface area contributed by atoms with Crippen LogP contribution < -0.4 is 0 Å². The van der Waals surface area contributed by atoms with Crippen LogP contribution in [0.25, 0.3) is 0 Å². The summed E-state index contributed by atoms with van der Waals surface area (Å²) in [7, 11) is 0. The molecule has 1 amide bonds. The van der Waals surface area contributed by atoms with E-state index in [9.17, 15) is 9.59 Å². The predicted octanol–water partition coefficient (Wildman–Crippen LogP) is 0.266. The number of esters is 1. The molecule has 1 aliphatic heterocycles. The number of aliphatic hydroxyl groups is 1. The fourth-order valence-electron chi connectivity index (χ4n) is 1.71. The van der Waals surface area contributed by atoms with Gasteiger partial charge in [0, 0.05) is 31.1 Å². The van der Waals surface area contributed by atoms with Crippen LogP contribution in [0.1, 0.15) is 19.8 Å². The maximum atomic E-state index is 11.9. The summed E-state index contributed by atoms with van der Waals surface area (Å²) in [6.45, 7) is 2.67. The summed E-state index contributed by atoms with van der Waals surface area (Å²) in [4.78, 5) is 25.2. The summed E-state index contributed by atoms with van der Waals surface area (Å²) < 4.78 is 4.97. The molecule has 0 aromatic heterocycles. The minimum atomic E-state index is -0.458. The number of carbonyl (C=O) groups excluding carboxylic acids is 2. The predicted molar refractivity (Wildman–Crippen MR) is 65.8 cm³/mol. The Bertz CT molecular complexity index is 272. The van der Waals surface area contributed by atoms with E-state index in [4.69, 9.17) is 9.84 Å². The van der Waals surface area contributed by atoms with Gasteiger partial charge in [-0.1, -0.05) is 0 Å². The van der Waals surface area contributed by atoms with Gasteiger partial charge in [0.25, 0.3) is 0 Å². The lowest BCUT2D eigenvalue weighted by Crippen LogP contribution is -2.50. The first kappa shape index (κ1) is 14.3. The number of aliphatic hydroxyl groups excluding tert-OH is 1. The third-order valence-corrected chi connectivity index (χ3v) is 3.58. The van der Waals surface area contributed by atoms with Gasteiger partial charge in [-0.15, -0.1) is 0 Å². The molecule has 0 bridgehead atoms. The number of hydrogen-bond donors (Lipinski definition) is 1. The average molecular weight is 261 g/mol. The van der Waals surface area contributed by atoms with Crippen LogP contribution in [0.5, 0.6) is 0 Å². The summed E-state index contributed by atoms with van der Waals surface area (Å²) in [5, 5.41) is 8.71. The van der Waals surface area contributed by atoms with E-state index in [-0.39, 0.29) is 24.9 Å². The van der Waals surface area contributed by atoms with E-state index in [0.717, 1.165) is 5.75 Å². The highest BCUT2D eigenvalue weighted by Gasteiger charge is 2.32. The van der Waals surface area contributed by atoms with Gasteiger partial charge in [0.2, 0.25) is 5.91 Å². The number of amides is 1. The SMILES string of the molecule is CCOC(=O)C1CSCCN1C(=O)CCCO. The first-order chi connectivity index (χ1) is 8.20. The van der Waals surface area contributed by atoms with Crippen LogP contribution in [0, 0.1) is 0 Å². The van der Waals surface area contributed by atoms with Gasteiger partial charge in [0.15, 0.2) is 0 Å². The van der Waals surface area contributed by atoms with Crippen molar-refractivity contribution < 1.29 is 19.4 Å². The Morgan fingerprint density at radius 2 is 2.29 bits per heavy atom. The topological polar surface area (TPSA) is 66.8 Å². The van der Waals surface area contributed by atoms with Crippen LogP contribution in [0.3, 0.4) is 0 Å². The van der Waals surface area contributed by atoms with Crippen LogP contribution >= 0.6 is 11.8 Å². The maximum Gasteiger partial charge on any atom is 0.329 e. The van der Waals surface area contributed by atoms with Gasteiger partial charge in [0.05, 0.1) is 6.61 Å². The molecular weight excluding hydrogens is 242 g/mol. The maximum absolute atomic E-state index is 11.9. The Morgan fingerprint density at radius 1 is 1.53 bits per heavy atom. The molecule has 0 saturated carbocycles. The first-order valence-corrected chi connectivity index (χ1v) is 7.00. The van der Waals surface area contributed by atoms with Gasteiger partial charge in [-0.05, 0) is 13.3 Å². The monoisotopic (exact) mass is 261 g/mol. The summed E-state index contributed by atoms with van der Waals surface area (Å²) >= 11 is 1.66. The van der Waals surface area contributed by atoms with Gasteiger partial charge in [-0.25, -0.2) is 4.79 Å². The highest BCUT2D eigenvalue weighted by molar-refractivity contribution is 7.99. The molecule has 0 spiro atoms. The molecule has 1 fully saturated rings. The third kappa shape index (κ3) is 4.20. The third-order valence-electron chi connectivity index (χ3n) is 2.56. The lowest BCUT2D eigenvalue weighted by Gasteiger charge is -2.33. The quantitative estimate of drug-likeness (QED) is 0.719. The zero-order valence-corrected chi connectivity index (χ0v) is 10.9. The zero-order valence-electron chi connectivity index (χ0n) is 10.1. The van der Waals surface area contributed by atoms with Crippen molar-refractivity contribution in [3.8, 4) is 0 Å². The van der Waals surface area contributed by atoms with Crippen molar-refractivity contribution in [3.05, 3.63) is 0 Å². The molecule has 1 N–H and O–H groups in total. The van der Waals surface area contributed by atoms with Crippen LogP contribution in [0.15, 0.2) is 0 Å². The van der Waals surface area contributed by atoms with Crippen LogP contribution in [0.2, 0.25) is 0 Å². The standard InChI is InChI=1S/C11H19NO4S/c1-2-16-11(15)9-8-17-7-5-12(9)10(14)4-3-6-13/h9,13H,2-8H2,1H3. The van der Waals surface area contributed by atoms with Crippen molar-refractivity contribution in [2.45, 2.75) is 25.8 Å². The van der Waals surface area contributed by atoms with Crippen molar-refractivity contribution >= 4 is 23.6 Å². The van der Waals surface area contributed by atoms with Crippen molar-refractivity contribution in [3.63, 3.8) is 0 Å². The van der Waals surface area contributed by atoms with E-state index in [1.165, 1.54) is 0 Å². The number of rotatable bonds is 5. The number of carbonyl (C=O) groups is 2. The number of thioether (sulfide) groups is 1. The second kappa shape index (κ2) is 7.55. The average Bonchev–Trinajstić information content (AvgIpc) is 2.36. The van der Waals surface area contributed by atoms with Crippen molar-refractivity contribution in [2.24, 2.45) is 0 Å². The Morgan fingerprint density at radius 3 is 2.94 bits per heavy atom. The van der Waals surface area contributed by atoms with Crippen LogP contribution in [-0.4, -0.2) is 59.2 Å². The van der Waals surface area contributed by atoms with E-state index < -0.39 is 6.04 Å². The summed E-state index contributed by atoms with van der Waals surface area (Å²) in [5.74, 6) is 1.05. The van der Waals surface area contributed by atoms with E-state index >= 15 is 0 Å². The van der Waals surface area contributed by atoms with Crippen LogP contribution in [-0.2, 0) is 14.3 Å². The molecule has 0 aromatic carbocycles. The van der Waals surface area contributed by atoms with E-state index in [2.05, 4.69) is 0 Å². The molecule has 0 aromatic rings. The smallest absolute Gasteiger partial charge is 0.329 e. The van der Waals surface area contributed by atoms with Crippen molar-refractivity contribution in [2.75, 3.05) is 31.3 Å². The highest BCUT2D eigenvalue weighted by Crippen LogP contribution is 2.18. The Balaban J connectivity index is 2.58. The van der Waals surface area contributed by atoms with Gasteiger partial charge in [0.1, 0.15) is 6.04 Å². The molecule has 1 saturated heterocycles. The molecule has 5 nitrogen and oxygen atoms in total. The molecule has 0 radical (unpaired) electrons.